The van der Waals surface area contributed by atoms with Gasteiger partial charge in [0.05, 0.1) is 13.2 Å². The first-order valence-electron chi connectivity index (χ1n) is 8.19. The van der Waals surface area contributed by atoms with Gasteiger partial charge in [0, 0.05) is 5.56 Å². The van der Waals surface area contributed by atoms with Crippen LogP contribution in [0.4, 0.5) is 0 Å². The highest BCUT2D eigenvalue weighted by molar-refractivity contribution is 7.48. The van der Waals surface area contributed by atoms with Crippen LogP contribution in [0.25, 0.3) is 0 Å². The van der Waals surface area contributed by atoms with Crippen LogP contribution in [0.15, 0.2) is 30.3 Å². The van der Waals surface area contributed by atoms with Crippen molar-refractivity contribution in [2.45, 2.75) is 52.6 Å². The van der Waals surface area contributed by atoms with E-state index < -0.39 is 13.9 Å². The van der Waals surface area contributed by atoms with E-state index in [1.807, 2.05) is 19.9 Å². The molecule has 0 amide bonds. The number of benzene rings is 1. The van der Waals surface area contributed by atoms with E-state index in [1.165, 1.54) is 0 Å². The minimum atomic E-state index is -3.73. The Balaban J connectivity index is 2.70. The zero-order chi connectivity index (χ0) is 17.1. The van der Waals surface area contributed by atoms with E-state index in [-0.39, 0.29) is 19.0 Å². The molecule has 5 nitrogen and oxygen atoms in total. The summed E-state index contributed by atoms with van der Waals surface area (Å²) < 4.78 is 28.8. The predicted octanol–water partition coefficient (Wildman–Crippen LogP) is 5.02. The van der Waals surface area contributed by atoms with Crippen LogP contribution in [-0.4, -0.2) is 25.1 Å². The van der Waals surface area contributed by atoms with Gasteiger partial charge in [-0.1, -0.05) is 57.0 Å². The molecule has 1 aromatic carbocycles. The maximum Gasteiger partial charge on any atom is 0.475 e. The molecule has 1 rings (SSSR count). The highest BCUT2D eigenvalue weighted by Crippen LogP contribution is 2.51. The zero-order valence-corrected chi connectivity index (χ0v) is 15.1. The molecule has 130 valence electrons. The molecule has 0 aliphatic heterocycles. The quantitative estimate of drug-likeness (QED) is 0.303. The number of phosphoric acid groups is 1. The van der Waals surface area contributed by atoms with Crippen molar-refractivity contribution in [2.24, 2.45) is 0 Å². The van der Waals surface area contributed by atoms with Gasteiger partial charge in [-0.15, -0.1) is 0 Å². The van der Waals surface area contributed by atoms with Crippen LogP contribution in [0.3, 0.4) is 0 Å². The van der Waals surface area contributed by atoms with Crippen molar-refractivity contribution in [3.05, 3.63) is 35.9 Å². The van der Waals surface area contributed by atoms with Gasteiger partial charge in [0.25, 0.3) is 0 Å². The molecule has 23 heavy (non-hydrogen) atoms. The molecular weight excluding hydrogens is 315 g/mol. The van der Waals surface area contributed by atoms with E-state index in [0.717, 1.165) is 25.7 Å². The molecule has 0 radical (unpaired) electrons. The third-order valence-corrected chi connectivity index (χ3v) is 4.78. The van der Waals surface area contributed by atoms with Gasteiger partial charge < -0.3 is 0 Å². The lowest BCUT2D eigenvalue weighted by molar-refractivity contribution is 0.0610. The van der Waals surface area contributed by atoms with Crippen molar-refractivity contribution in [2.75, 3.05) is 13.2 Å². The van der Waals surface area contributed by atoms with Crippen molar-refractivity contribution in [3.63, 3.8) is 0 Å². The molecule has 0 aliphatic carbocycles. The number of carbonyl (C=O) groups is 1. The van der Waals surface area contributed by atoms with Gasteiger partial charge in [0.15, 0.2) is 5.78 Å². The zero-order valence-electron chi connectivity index (χ0n) is 14.2. The average molecular weight is 342 g/mol. The lowest BCUT2D eigenvalue weighted by Gasteiger charge is -2.21. The highest BCUT2D eigenvalue weighted by atomic mass is 31.2. The SMILES string of the molecule is CCCCOP(=O)(OCCCC)OC(C)C(=O)c1ccccc1. The second-order valence-electron chi connectivity index (χ2n) is 5.30. The molecule has 0 aliphatic rings. The van der Waals surface area contributed by atoms with E-state index in [4.69, 9.17) is 13.6 Å². The second-order valence-corrected chi connectivity index (χ2v) is 6.92. The van der Waals surface area contributed by atoms with E-state index in [1.54, 1.807) is 31.2 Å². The van der Waals surface area contributed by atoms with Crippen LogP contribution in [0, 0.1) is 0 Å². The number of rotatable bonds is 12. The van der Waals surface area contributed by atoms with Gasteiger partial charge in [0.1, 0.15) is 6.10 Å². The van der Waals surface area contributed by atoms with Gasteiger partial charge in [-0.05, 0) is 19.8 Å². The Kier molecular flexibility index (Phi) is 9.34. The minimum absolute atomic E-state index is 0.246. The summed E-state index contributed by atoms with van der Waals surface area (Å²) in [4.78, 5) is 12.3. The van der Waals surface area contributed by atoms with Crippen LogP contribution in [0.5, 0.6) is 0 Å². The fourth-order valence-corrected chi connectivity index (χ4v) is 3.20. The molecule has 0 fully saturated rings. The maximum atomic E-state index is 12.7. The topological polar surface area (TPSA) is 61.8 Å². The number of hydrogen-bond donors (Lipinski definition) is 0. The molecule has 0 spiro atoms. The van der Waals surface area contributed by atoms with E-state index in [2.05, 4.69) is 0 Å². The van der Waals surface area contributed by atoms with Crippen LogP contribution < -0.4 is 0 Å². The van der Waals surface area contributed by atoms with Crippen LogP contribution >= 0.6 is 7.82 Å². The summed E-state index contributed by atoms with van der Waals surface area (Å²) in [7, 11) is -3.73. The molecule has 0 N–H and O–H groups in total. The van der Waals surface area contributed by atoms with E-state index in [0.29, 0.717) is 5.56 Å². The summed E-state index contributed by atoms with van der Waals surface area (Å²) in [6, 6.07) is 8.77. The molecule has 0 heterocycles. The van der Waals surface area contributed by atoms with Gasteiger partial charge in [-0.2, -0.15) is 0 Å². The summed E-state index contributed by atoms with van der Waals surface area (Å²) in [6.07, 6.45) is 2.43. The summed E-state index contributed by atoms with van der Waals surface area (Å²) >= 11 is 0. The fourth-order valence-electron chi connectivity index (χ4n) is 1.82. The van der Waals surface area contributed by atoms with Crippen LogP contribution in [0.1, 0.15) is 56.8 Å². The number of ketones is 1. The van der Waals surface area contributed by atoms with Crippen molar-refractivity contribution < 1.29 is 22.9 Å². The third kappa shape index (κ3) is 7.40. The monoisotopic (exact) mass is 342 g/mol. The van der Waals surface area contributed by atoms with Gasteiger partial charge >= 0.3 is 7.82 Å². The van der Waals surface area contributed by atoms with Crippen molar-refractivity contribution in [3.8, 4) is 0 Å². The molecule has 1 atom stereocenters. The standard InChI is InChI=1S/C17H27O5P/c1-4-6-13-20-23(19,21-14-7-5-2)22-15(3)17(18)16-11-9-8-10-12-16/h8-12,15H,4-7,13-14H2,1-3H3. The fraction of sp³-hybridized carbons (Fsp3) is 0.588. The number of unbranched alkanes of at least 4 members (excludes halogenated alkanes) is 2. The summed E-state index contributed by atoms with van der Waals surface area (Å²) in [5.74, 6) is -0.246. The summed E-state index contributed by atoms with van der Waals surface area (Å²) in [6.45, 7) is 6.15. The molecular formula is C17H27O5P. The van der Waals surface area contributed by atoms with Crippen LogP contribution in [-0.2, 0) is 18.1 Å². The normalized spacial score (nSPS) is 13.0. The number of phosphoric ester groups is 1. The van der Waals surface area contributed by atoms with Crippen molar-refractivity contribution in [1.29, 1.82) is 0 Å². The molecule has 0 bridgehead atoms. The van der Waals surface area contributed by atoms with Crippen molar-refractivity contribution >= 4 is 13.6 Å². The van der Waals surface area contributed by atoms with E-state index >= 15 is 0 Å². The third-order valence-electron chi connectivity index (χ3n) is 3.21. The summed E-state index contributed by atoms with van der Waals surface area (Å²) in [5.41, 5.74) is 0.508. The minimum Gasteiger partial charge on any atom is -0.291 e. The maximum absolute atomic E-state index is 12.7. The molecule has 0 aromatic heterocycles. The number of Topliss-reactive ketones (excluding diaryl/α,β-unsaturated/α-hetero) is 1. The molecule has 1 aromatic rings. The molecule has 0 saturated heterocycles. The van der Waals surface area contributed by atoms with Gasteiger partial charge in [-0.25, -0.2) is 4.57 Å². The lowest BCUT2D eigenvalue weighted by Crippen LogP contribution is -2.21. The van der Waals surface area contributed by atoms with Gasteiger partial charge in [0.2, 0.25) is 0 Å². The first-order chi connectivity index (χ1) is 11.0. The Morgan fingerprint density at radius 1 is 1.04 bits per heavy atom. The Hall–Kier alpha value is -1.00. The highest BCUT2D eigenvalue weighted by Gasteiger charge is 2.32. The number of hydrogen-bond acceptors (Lipinski definition) is 5. The molecule has 1 unspecified atom stereocenters. The van der Waals surface area contributed by atoms with E-state index in [9.17, 15) is 9.36 Å². The Labute approximate surface area is 138 Å². The smallest absolute Gasteiger partial charge is 0.291 e. The summed E-state index contributed by atoms with van der Waals surface area (Å²) in [5, 5.41) is 0. The Morgan fingerprint density at radius 2 is 1.57 bits per heavy atom. The number of carbonyl (C=O) groups excluding carboxylic acids is 1. The van der Waals surface area contributed by atoms with Gasteiger partial charge in [-0.3, -0.25) is 18.4 Å². The Morgan fingerprint density at radius 3 is 2.04 bits per heavy atom. The van der Waals surface area contributed by atoms with Crippen LogP contribution in [0.2, 0.25) is 0 Å². The Bertz CT molecular complexity index is 489. The lowest BCUT2D eigenvalue weighted by atomic mass is 10.1. The average Bonchev–Trinajstić information content (AvgIpc) is 2.55. The molecule has 6 heteroatoms. The first kappa shape index (κ1) is 20.0. The molecule has 0 saturated carbocycles. The second kappa shape index (κ2) is 10.7. The largest absolute Gasteiger partial charge is 0.475 e. The first-order valence-corrected chi connectivity index (χ1v) is 9.65. The predicted molar refractivity (Wildman–Crippen MR) is 90.6 cm³/mol. The van der Waals surface area contributed by atoms with Crippen molar-refractivity contribution in [1.82, 2.24) is 0 Å².